The molecule has 1 aliphatic rings. The molecule has 2 N–H and O–H groups in total. The van der Waals surface area contributed by atoms with E-state index in [2.05, 4.69) is 38.3 Å². The number of benzene rings is 1. The normalized spacial score (nSPS) is 13.6. The Bertz CT molecular complexity index is 487. The van der Waals surface area contributed by atoms with Crippen LogP contribution in [0.2, 0.25) is 0 Å². The van der Waals surface area contributed by atoms with Crippen molar-refractivity contribution in [2.45, 2.75) is 27.7 Å². The molecule has 21 heavy (non-hydrogen) atoms. The van der Waals surface area contributed by atoms with Gasteiger partial charge in [-0.25, -0.2) is 0 Å². The zero-order chi connectivity index (χ0) is 15.4. The fourth-order valence-corrected chi connectivity index (χ4v) is 2.68. The van der Waals surface area contributed by atoms with Gasteiger partial charge in [-0.1, -0.05) is 27.7 Å². The monoisotopic (exact) mass is 289 g/mol. The summed E-state index contributed by atoms with van der Waals surface area (Å²) in [4.78, 5) is 14.8. The summed E-state index contributed by atoms with van der Waals surface area (Å²) in [5, 5.41) is 6.68. The number of nitrogens with one attached hydrogen (secondary N) is 2. The number of carbonyl (C=O) groups excluding carboxylic acids is 1. The highest BCUT2D eigenvalue weighted by molar-refractivity contribution is 5.96. The van der Waals surface area contributed by atoms with Gasteiger partial charge in [0.2, 0.25) is 0 Å². The van der Waals surface area contributed by atoms with Gasteiger partial charge in [0.25, 0.3) is 5.91 Å². The topological polar surface area (TPSA) is 44.4 Å². The maximum Gasteiger partial charge on any atom is 0.253 e. The molecule has 0 saturated carbocycles. The molecule has 2 rings (SSSR count). The third-order valence-electron chi connectivity index (χ3n) is 3.48. The first-order valence-corrected chi connectivity index (χ1v) is 7.88. The number of anilines is 2. The lowest BCUT2D eigenvalue weighted by molar-refractivity contribution is 0.0715. The Kier molecular flexibility index (Phi) is 5.10. The van der Waals surface area contributed by atoms with E-state index in [-0.39, 0.29) is 5.91 Å². The van der Waals surface area contributed by atoms with Crippen molar-refractivity contribution in [1.29, 1.82) is 0 Å². The largest absolute Gasteiger partial charge is 0.382 e. The van der Waals surface area contributed by atoms with Gasteiger partial charge in [-0.05, 0) is 30.0 Å². The van der Waals surface area contributed by atoms with Gasteiger partial charge >= 0.3 is 0 Å². The van der Waals surface area contributed by atoms with E-state index < -0.39 is 0 Å². The van der Waals surface area contributed by atoms with Gasteiger partial charge in [0.15, 0.2) is 0 Å². The van der Waals surface area contributed by atoms with E-state index in [4.69, 9.17) is 0 Å². The molecule has 0 saturated heterocycles. The average Bonchev–Trinajstić information content (AvgIpc) is 2.44. The fraction of sp³-hybridized carbons (Fsp3) is 0.588. The van der Waals surface area contributed by atoms with Crippen molar-refractivity contribution in [3.05, 3.63) is 23.8 Å². The molecule has 0 radical (unpaired) electrons. The number of hydrogen-bond acceptors (Lipinski definition) is 3. The summed E-state index contributed by atoms with van der Waals surface area (Å²) in [5.74, 6) is 1.09. The lowest BCUT2D eigenvalue weighted by Crippen LogP contribution is -2.37. The summed E-state index contributed by atoms with van der Waals surface area (Å²) < 4.78 is 0. The predicted octanol–water partition coefficient (Wildman–Crippen LogP) is 3.28. The number of hydrogen-bond donors (Lipinski definition) is 2. The van der Waals surface area contributed by atoms with Crippen molar-refractivity contribution in [3.8, 4) is 0 Å². The summed E-state index contributed by atoms with van der Waals surface area (Å²) in [6.45, 7) is 12.0. The number of rotatable bonds is 5. The van der Waals surface area contributed by atoms with Crippen molar-refractivity contribution in [2.75, 3.05) is 36.8 Å². The molecule has 116 valence electrons. The minimum absolute atomic E-state index is 0.132. The maximum absolute atomic E-state index is 12.8. The molecule has 0 fully saturated rings. The van der Waals surface area contributed by atoms with Crippen molar-refractivity contribution in [1.82, 2.24) is 4.90 Å². The number of carbonyl (C=O) groups is 1. The van der Waals surface area contributed by atoms with Crippen molar-refractivity contribution in [2.24, 2.45) is 11.8 Å². The van der Waals surface area contributed by atoms with E-state index in [1.807, 2.05) is 23.1 Å². The molecule has 0 aromatic heterocycles. The minimum atomic E-state index is 0.132. The summed E-state index contributed by atoms with van der Waals surface area (Å²) in [6, 6.07) is 5.89. The van der Waals surface area contributed by atoms with Gasteiger partial charge < -0.3 is 15.5 Å². The Hall–Kier alpha value is -1.71. The average molecular weight is 289 g/mol. The number of nitrogens with zero attached hydrogens (tertiary/aromatic N) is 1. The Balaban J connectivity index is 2.19. The predicted molar refractivity (Wildman–Crippen MR) is 89.0 cm³/mol. The van der Waals surface area contributed by atoms with Crippen LogP contribution in [0.15, 0.2) is 18.2 Å². The third-order valence-corrected chi connectivity index (χ3v) is 3.48. The van der Waals surface area contributed by atoms with E-state index in [0.717, 1.165) is 43.1 Å². The highest BCUT2D eigenvalue weighted by atomic mass is 16.2. The SMILES string of the molecule is CC(C)CN(CC(C)C)C(=O)c1ccc2c(c1)NCCN2. The molecule has 1 aromatic carbocycles. The lowest BCUT2D eigenvalue weighted by atomic mass is 10.1. The quantitative estimate of drug-likeness (QED) is 0.874. The fourth-order valence-electron chi connectivity index (χ4n) is 2.68. The summed E-state index contributed by atoms with van der Waals surface area (Å²) in [7, 11) is 0. The van der Waals surface area contributed by atoms with Crippen LogP contribution in [0.1, 0.15) is 38.1 Å². The van der Waals surface area contributed by atoms with Crippen LogP contribution in [-0.4, -0.2) is 37.0 Å². The number of fused-ring (bicyclic) bond motifs is 1. The van der Waals surface area contributed by atoms with Crippen LogP contribution in [0, 0.1) is 11.8 Å². The van der Waals surface area contributed by atoms with E-state index in [1.165, 1.54) is 0 Å². The molecule has 0 unspecified atom stereocenters. The molecule has 1 aliphatic heterocycles. The third kappa shape index (κ3) is 4.13. The molecule has 4 nitrogen and oxygen atoms in total. The van der Waals surface area contributed by atoms with Gasteiger partial charge in [-0.2, -0.15) is 0 Å². The van der Waals surface area contributed by atoms with Crippen molar-refractivity contribution >= 4 is 17.3 Å². The van der Waals surface area contributed by atoms with Gasteiger partial charge in [-0.15, -0.1) is 0 Å². The molecule has 0 atom stereocenters. The van der Waals surface area contributed by atoms with Gasteiger partial charge in [-0.3, -0.25) is 4.79 Å². The highest BCUT2D eigenvalue weighted by Crippen LogP contribution is 2.26. The molecule has 0 aliphatic carbocycles. The van der Waals surface area contributed by atoms with E-state index in [0.29, 0.717) is 11.8 Å². The van der Waals surface area contributed by atoms with Crippen LogP contribution < -0.4 is 10.6 Å². The van der Waals surface area contributed by atoms with Gasteiger partial charge in [0.05, 0.1) is 11.4 Å². The number of amides is 1. The molecule has 1 amide bonds. The molecule has 0 bridgehead atoms. The Morgan fingerprint density at radius 3 is 2.19 bits per heavy atom. The van der Waals surface area contributed by atoms with Crippen LogP contribution in [0.3, 0.4) is 0 Å². The van der Waals surface area contributed by atoms with Crippen LogP contribution in [0.5, 0.6) is 0 Å². The summed E-state index contributed by atoms with van der Waals surface area (Å²) >= 11 is 0. The zero-order valence-electron chi connectivity index (χ0n) is 13.6. The van der Waals surface area contributed by atoms with Crippen LogP contribution in [0.25, 0.3) is 0 Å². The van der Waals surface area contributed by atoms with E-state index in [1.54, 1.807) is 0 Å². The lowest BCUT2D eigenvalue weighted by Gasteiger charge is -2.27. The first kappa shape index (κ1) is 15.7. The van der Waals surface area contributed by atoms with Gasteiger partial charge in [0, 0.05) is 31.7 Å². The maximum atomic E-state index is 12.8. The first-order chi connectivity index (χ1) is 9.97. The second-order valence-electron chi connectivity index (χ2n) is 6.61. The Morgan fingerprint density at radius 2 is 1.62 bits per heavy atom. The van der Waals surface area contributed by atoms with Crippen molar-refractivity contribution in [3.63, 3.8) is 0 Å². The Morgan fingerprint density at radius 1 is 1.05 bits per heavy atom. The molecule has 1 heterocycles. The second kappa shape index (κ2) is 6.83. The Labute approximate surface area is 127 Å². The minimum Gasteiger partial charge on any atom is -0.382 e. The molecular weight excluding hydrogens is 262 g/mol. The van der Waals surface area contributed by atoms with Crippen LogP contribution in [0.4, 0.5) is 11.4 Å². The van der Waals surface area contributed by atoms with Crippen LogP contribution in [-0.2, 0) is 0 Å². The molecule has 4 heteroatoms. The summed E-state index contributed by atoms with van der Waals surface area (Å²) in [5.41, 5.74) is 2.88. The molecule has 1 aromatic rings. The van der Waals surface area contributed by atoms with Crippen molar-refractivity contribution < 1.29 is 4.79 Å². The van der Waals surface area contributed by atoms with E-state index in [9.17, 15) is 4.79 Å². The zero-order valence-corrected chi connectivity index (χ0v) is 13.6. The second-order valence-corrected chi connectivity index (χ2v) is 6.61. The summed E-state index contributed by atoms with van der Waals surface area (Å²) in [6.07, 6.45) is 0. The van der Waals surface area contributed by atoms with Crippen LogP contribution >= 0.6 is 0 Å². The highest BCUT2D eigenvalue weighted by Gasteiger charge is 2.19. The smallest absolute Gasteiger partial charge is 0.253 e. The van der Waals surface area contributed by atoms with Gasteiger partial charge in [0.1, 0.15) is 0 Å². The molecule has 0 spiro atoms. The standard InChI is InChI=1S/C17H27N3O/c1-12(2)10-20(11-13(3)4)17(21)14-5-6-15-16(9-14)19-8-7-18-15/h5-6,9,12-13,18-19H,7-8,10-11H2,1-4H3. The van der Waals surface area contributed by atoms with E-state index >= 15 is 0 Å². The first-order valence-electron chi connectivity index (χ1n) is 7.88. The molecular formula is C17H27N3O.